The molecule has 1 unspecified atom stereocenters. The fourth-order valence-corrected chi connectivity index (χ4v) is 1.72. The summed E-state index contributed by atoms with van der Waals surface area (Å²) in [6.07, 6.45) is 1.33. The molecule has 4 heteroatoms. The van der Waals surface area contributed by atoms with Gasteiger partial charge in [-0.2, -0.15) is 0 Å². The summed E-state index contributed by atoms with van der Waals surface area (Å²) < 4.78 is 10.9. The molecular weight excluding hydrogens is 216 g/mol. The lowest BCUT2D eigenvalue weighted by atomic mass is 10.1. The van der Waals surface area contributed by atoms with Crippen molar-refractivity contribution in [2.75, 3.05) is 6.54 Å². The zero-order valence-corrected chi connectivity index (χ0v) is 11.3. The summed E-state index contributed by atoms with van der Waals surface area (Å²) in [7, 11) is 0. The highest BCUT2D eigenvalue weighted by Gasteiger charge is 2.08. The molecule has 17 heavy (non-hydrogen) atoms. The van der Waals surface area contributed by atoms with E-state index in [0.717, 1.165) is 31.0 Å². The van der Waals surface area contributed by atoms with Gasteiger partial charge >= 0.3 is 0 Å². The minimum atomic E-state index is 0.261. The van der Waals surface area contributed by atoms with Gasteiger partial charge in [0.05, 0.1) is 11.8 Å². The van der Waals surface area contributed by atoms with Crippen LogP contribution in [0.3, 0.4) is 0 Å². The zero-order valence-electron chi connectivity index (χ0n) is 11.3. The molecule has 0 radical (unpaired) electrons. The fraction of sp³-hybridized carbons (Fsp3) is 0.769. The van der Waals surface area contributed by atoms with Crippen LogP contribution in [-0.2, 0) is 17.9 Å². The van der Waals surface area contributed by atoms with Crippen LogP contribution >= 0.6 is 0 Å². The number of ether oxygens (including phenoxy) is 1. The molecule has 1 rings (SSSR count). The van der Waals surface area contributed by atoms with E-state index in [-0.39, 0.29) is 6.10 Å². The average Bonchev–Trinajstić information content (AvgIpc) is 2.70. The van der Waals surface area contributed by atoms with Crippen LogP contribution in [0.1, 0.15) is 45.6 Å². The molecule has 0 bridgehead atoms. The van der Waals surface area contributed by atoms with Gasteiger partial charge in [-0.15, -0.1) is 0 Å². The Hall–Kier alpha value is -0.870. The summed E-state index contributed by atoms with van der Waals surface area (Å²) in [5.41, 5.74) is 0.932. The monoisotopic (exact) mass is 240 g/mol. The highest BCUT2D eigenvalue weighted by Crippen LogP contribution is 2.11. The molecule has 98 valence electrons. The standard InChI is InChI=1S/C13H24N2O2/c1-5-14-8-12-7-13(17-15-12)9-16-11(4)6-10(2)3/h7,10-11,14H,5-6,8-9H2,1-4H3. The Balaban J connectivity index is 2.29. The van der Waals surface area contributed by atoms with E-state index in [9.17, 15) is 0 Å². The molecule has 1 atom stereocenters. The zero-order chi connectivity index (χ0) is 12.7. The van der Waals surface area contributed by atoms with Crippen LogP contribution in [0.25, 0.3) is 0 Å². The van der Waals surface area contributed by atoms with Crippen molar-refractivity contribution in [3.05, 3.63) is 17.5 Å². The second kappa shape index (κ2) is 7.45. The summed E-state index contributed by atoms with van der Waals surface area (Å²) in [5.74, 6) is 1.46. The van der Waals surface area contributed by atoms with Gasteiger partial charge in [0, 0.05) is 12.6 Å². The summed E-state index contributed by atoms with van der Waals surface area (Å²) in [5, 5.41) is 7.18. The van der Waals surface area contributed by atoms with Crippen molar-refractivity contribution < 1.29 is 9.26 Å². The van der Waals surface area contributed by atoms with Gasteiger partial charge in [-0.3, -0.25) is 0 Å². The van der Waals surface area contributed by atoms with Crippen LogP contribution in [-0.4, -0.2) is 17.8 Å². The number of nitrogens with zero attached hydrogens (tertiary/aromatic N) is 1. The van der Waals surface area contributed by atoms with Gasteiger partial charge in [-0.25, -0.2) is 0 Å². The first-order valence-corrected chi connectivity index (χ1v) is 6.38. The lowest BCUT2D eigenvalue weighted by Crippen LogP contribution is -2.12. The topological polar surface area (TPSA) is 47.3 Å². The number of nitrogens with one attached hydrogen (secondary N) is 1. The Morgan fingerprint density at radius 3 is 2.82 bits per heavy atom. The Labute approximate surface area is 104 Å². The van der Waals surface area contributed by atoms with E-state index in [1.54, 1.807) is 0 Å². The third-order valence-electron chi connectivity index (χ3n) is 2.48. The first-order chi connectivity index (χ1) is 8.11. The molecule has 0 spiro atoms. The van der Waals surface area contributed by atoms with Gasteiger partial charge < -0.3 is 14.6 Å². The second-order valence-electron chi connectivity index (χ2n) is 4.82. The number of rotatable bonds is 8. The molecular formula is C13H24N2O2. The van der Waals surface area contributed by atoms with Crippen LogP contribution in [0.2, 0.25) is 0 Å². The summed E-state index contributed by atoms with van der Waals surface area (Å²) in [6, 6.07) is 1.95. The molecule has 0 amide bonds. The minimum absolute atomic E-state index is 0.261. The van der Waals surface area contributed by atoms with Gasteiger partial charge in [0.25, 0.3) is 0 Å². The SMILES string of the molecule is CCNCc1cc(COC(C)CC(C)C)on1. The predicted molar refractivity (Wildman–Crippen MR) is 67.6 cm³/mol. The smallest absolute Gasteiger partial charge is 0.162 e. The molecule has 0 saturated carbocycles. The Bertz CT molecular complexity index is 310. The Morgan fingerprint density at radius 1 is 1.41 bits per heavy atom. The fourth-order valence-electron chi connectivity index (χ4n) is 1.72. The number of aromatic nitrogens is 1. The highest BCUT2D eigenvalue weighted by molar-refractivity contribution is 5.04. The van der Waals surface area contributed by atoms with Gasteiger partial charge in [0.15, 0.2) is 5.76 Å². The Morgan fingerprint density at radius 2 is 2.18 bits per heavy atom. The molecule has 1 aromatic rings. The van der Waals surface area contributed by atoms with Crippen LogP contribution in [0.15, 0.2) is 10.6 Å². The molecule has 0 aliphatic heterocycles. The maximum atomic E-state index is 5.70. The largest absolute Gasteiger partial charge is 0.370 e. The minimum Gasteiger partial charge on any atom is -0.370 e. The van der Waals surface area contributed by atoms with E-state index in [2.05, 4.69) is 38.2 Å². The predicted octanol–water partition coefficient (Wildman–Crippen LogP) is 2.74. The first kappa shape index (κ1) is 14.2. The molecule has 0 fully saturated rings. The second-order valence-corrected chi connectivity index (χ2v) is 4.82. The third kappa shape index (κ3) is 5.84. The average molecular weight is 240 g/mol. The van der Waals surface area contributed by atoms with Crippen molar-refractivity contribution in [1.82, 2.24) is 10.5 Å². The van der Waals surface area contributed by atoms with E-state index < -0.39 is 0 Å². The summed E-state index contributed by atoms with van der Waals surface area (Å²) in [4.78, 5) is 0. The van der Waals surface area contributed by atoms with Crippen molar-refractivity contribution in [3.63, 3.8) is 0 Å². The number of hydrogen-bond acceptors (Lipinski definition) is 4. The van der Waals surface area contributed by atoms with E-state index in [0.29, 0.717) is 12.5 Å². The normalized spacial score (nSPS) is 13.2. The van der Waals surface area contributed by atoms with Crippen LogP contribution in [0.5, 0.6) is 0 Å². The van der Waals surface area contributed by atoms with Crippen LogP contribution < -0.4 is 5.32 Å². The van der Waals surface area contributed by atoms with E-state index in [1.807, 2.05) is 6.07 Å². The van der Waals surface area contributed by atoms with E-state index in [1.165, 1.54) is 0 Å². The van der Waals surface area contributed by atoms with Crippen molar-refractivity contribution in [1.29, 1.82) is 0 Å². The molecule has 0 aromatic carbocycles. The third-order valence-corrected chi connectivity index (χ3v) is 2.48. The van der Waals surface area contributed by atoms with Crippen molar-refractivity contribution in [3.8, 4) is 0 Å². The lowest BCUT2D eigenvalue weighted by molar-refractivity contribution is 0.0277. The van der Waals surface area contributed by atoms with Crippen molar-refractivity contribution in [2.24, 2.45) is 5.92 Å². The molecule has 1 aromatic heterocycles. The van der Waals surface area contributed by atoms with Crippen LogP contribution in [0, 0.1) is 5.92 Å². The maximum Gasteiger partial charge on any atom is 0.162 e. The molecule has 1 N–H and O–H groups in total. The lowest BCUT2D eigenvalue weighted by Gasteiger charge is -2.13. The molecule has 4 nitrogen and oxygen atoms in total. The molecule has 0 aliphatic rings. The van der Waals surface area contributed by atoms with Crippen molar-refractivity contribution in [2.45, 2.75) is 53.4 Å². The van der Waals surface area contributed by atoms with E-state index >= 15 is 0 Å². The van der Waals surface area contributed by atoms with Gasteiger partial charge in [-0.1, -0.05) is 25.9 Å². The summed E-state index contributed by atoms with van der Waals surface area (Å²) in [6.45, 7) is 10.7. The molecule has 0 saturated heterocycles. The highest BCUT2D eigenvalue weighted by atomic mass is 16.5. The summed E-state index contributed by atoms with van der Waals surface area (Å²) >= 11 is 0. The maximum absolute atomic E-state index is 5.70. The van der Waals surface area contributed by atoms with Gasteiger partial charge in [0.2, 0.25) is 0 Å². The first-order valence-electron chi connectivity index (χ1n) is 6.38. The van der Waals surface area contributed by atoms with Crippen molar-refractivity contribution >= 4 is 0 Å². The molecule has 0 aliphatic carbocycles. The van der Waals surface area contributed by atoms with Crippen LogP contribution in [0.4, 0.5) is 0 Å². The van der Waals surface area contributed by atoms with Gasteiger partial charge in [-0.05, 0) is 25.8 Å². The Kier molecular flexibility index (Phi) is 6.22. The van der Waals surface area contributed by atoms with Gasteiger partial charge in [0.1, 0.15) is 6.61 Å². The molecule has 1 heterocycles. The quantitative estimate of drug-likeness (QED) is 0.759. The number of hydrogen-bond donors (Lipinski definition) is 1. The van der Waals surface area contributed by atoms with E-state index in [4.69, 9.17) is 9.26 Å².